The summed E-state index contributed by atoms with van der Waals surface area (Å²) in [7, 11) is 0. The first-order valence-electron chi connectivity index (χ1n) is 6.99. The standard InChI is InChI=1S/C16H25BrN2O/c1-11(12-5-7-14(17)8-6-12)19-15(20)13(10-18)9-16(2,3)4/h5-8,11,13H,9-10,18H2,1-4H3,(H,19,20)/t11-,13?/m0/s1. The highest BCUT2D eigenvalue weighted by Gasteiger charge is 2.24. The Morgan fingerprint density at radius 3 is 2.30 bits per heavy atom. The van der Waals surface area contributed by atoms with E-state index in [4.69, 9.17) is 5.73 Å². The SMILES string of the molecule is C[C@H](NC(=O)C(CN)CC(C)(C)C)c1ccc(Br)cc1. The first-order chi connectivity index (χ1) is 9.23. The maximum Gasteiger partial charge on any atom is 0.224 e. The summed E-state index contributed by atoms with van der Waals surface area (Å²) < 4.78 is 1.03. The molecule has 112 valence electrons. The minimum atomic E-state index is -0.132. The smallest absolute Gasteiger partial charge is 0.224 e. The lowest BCUT2D eigenvalue weighted by atomic mass is 9.84. The van der Waals surface area contributed by atoms with Crippen LogP contribution in [0, 0.1) is 11.3 Å². The molecule has 1 amide bonds. The molecule has 1 aromatic rings. The number of nitrogens with one attached hydrogen (secondary N) is 1. The van der Waals surface area contributed by atoms with Crippen LogP contribution in [-0.4, -0.2) is 12.5 Å². The third-order valence-electron chi connectivity index (χ3n) is 3.24. The highest BCUT2D eigenvalue weighted by atomic mass is 79.9. The summed E-state index contributed by atoms with van der Waals surface area (Å²) in [6.07, 6.45) is 0.794. The lowest BCUT2D eigenvalue weighted by Gasteiger charge is -2.26. The fraction of sp³-hybridized carbons (Fsp3) is 0.562. The van der Waals surface area contributed by atoms with Crippen molar-refractivity contribution in [2.75, 3.05) is 6.54 Å². The van der Waals surface area contributed by atoms with Crippen molar-refractivity contribution in [3.8, 4) is 0 Å². The van der Waals surface area contributed by atoms with E-state index in [1.54, 1.807) is 0 Å². The minimum Gasteiger partial charge on any atom is -0.349 e. The molecule has 3 N–H and O–H groups in total. The molecule has 2 atom stereocenters. The Labute approximate surface area is 130 Å². The fourth-order valence-electron chi connectivity index (χ4n) is 2.19. The zero-order valence-electron chi connectivity index (χ0n) is 12.7. The Morgan fingerprint density at radius 1 is 1.30 bits per heavy atom. The normalized spacial score (nSPS) is 14.7. The number of carbonyl (C=O) groups excluding carboxylic acids is 1. The van der Waals surface area contributed by atoms with E-state index in [0.29, 0.717) is 6.54 Å². The van der Waals surface area contributed by atoms with Gasteiger partial charge in [0.25, 0.3) is 0 Å². The predicted octanol–water partition coefficient (Wildman–Crippen LogP) is 3.64. The van der Waals surface area contributed by atoms with Crippen LogP contribution in [0.25, 0.3) is 0 Å². The Morgan fingerprint density at radius 2 is 1.85 bits per heavy atom. The summed E-state index contributed by atoms with van der Waals surface area (Å²) >= 11 is 3.41. The van der Waals surface area contributed by atoms with Gasteiger partial charge in [0.05, 0.1) is 12.0 Å². The van der Waals surface area contributed by atoms with Crippen molar-refractivity contribution in [3.05, 3.63) is 34.3 Å². The zero-order valence-corrected chi connectivity index (χ0v) is 14.3. The molecule has 0 aliphatic carbocycles. The van der Waals surface area contributed by atoms with Crippen molar-refractivity contribution in [3.63, 3.8) is 0 Å². The minimum absolute atomic E-state index is 0.00961. The van der Waals surface area contributed by atoms with Gasteiger partial charge in [-0.25, -0.2) is 0 Å². The highest BCUT2D eigenvalue weighted by molar-refractivity contribution is 9.10. The first-order valence-corrected chi connectivity index (χ1v) is 7.78. The molecule has 0 aliphatic rings. The maximum absolute atomic E-state index is 12.3. The van der Waals surface area contributed by atoms with E-state index >= 15 is 0 Å². The van der Waals surface area contributed by atoms with Gasteiger partial charge in [0, 0.05) is 11.0 Å². The van der Waals surface area contributed by atoms with Gasteiger partial charge in [-0.15, -0.1) is 0 Å². The van der Waals surface area contributed by atoms with Gasteiger partial charge in [0.2, 0.25) is 5.91 Å². The average molecular weight is 341 g/mol. The second-order valence-corrected chi connectivity index (χ2v) is 7.39. The molecular weight excluding hydrogens is 316 g/mol. The van der Waals surface area contributed by atoms with E-state index in [-0.39, 0.29) is 23.3 Å². The Hall–Kier alpha value is -0.870. The number of hydrogen-bond acceptors (Lipinski definition) is 2. The van der Waals surface area contributed by atoms with Crippen molar-refractivity contribution in [1.29, 1.82) is 0 Å². The largest absolute Gasteiger partial charge is 0.349 e. The Kier molecular flexibility index (Phi) is 6.21. The molecule has 20 heavy (non-hydrogen) atoms. The molecule has 0 radical (unpaired) electrons. The third-order valence-corrected chi connectivity index (χ3v) is 3.77. The molecule has 0 heterocycles. The van der Waals surface area contributed by atoms with Crippen LogP contribution in [0.3, 0.4) is 0 Å². The van der Waals surface area contributed by atoms with Gasteiger partial charge in [-0.2, -0.15) is 0 Å². The number of halogens is 1. The van der Waals surface area contributed by atoms with E-state index in [9.17, 15) is 4.79 Å². The molecule has 0 fully saturated rings. The average Bonchev–Trinajstić information content (AvgIpc) is 2.35. The van der Waals surface area contributed by atoms with Gasteiger partial charge in [-0.05, 0) is 36.5 Å². The van der Waals surface area contributed by atoms with Crippen LogP contribution in [0.15, 0.2) is 28.7 Å². The summed E-state index contributed by atoms with van der Waals surface area (Å²) in [6.45, 7) is 8.76. The quantitative estimate of drug-likeness (QED) is 0.859. The summed E-state index contributed by atoms with van der Waals surface area (Å²) in [5.41, 5.74) is 6.94. The van der Waals surface area contributed by atoms with Crippen molar-refractivity contribution in [1.82, 2.24) is 5.32 Å². The van der Waals surface area contributed by atoms with Crippen molar-refractivity contribution >= 4 is 21.8 Å². The number of hydrogen-bond donors (Lipinski definition) is 2. The number of amides is 1. The van der Waals surface area contributed by atoms with Crippen molar-refractivity contribution in [2.45, 2.75) is 40.2 Å². The van der Waals surface area contributed by atoms with Crippen molar-refractivity contribution < 1.29 is 4.79 Å². The second-order valence-electron chi connectivity index (χ2n) is 6.48. The van der Waals surface area contributed by atoms with Crippen LogP contribution in [0.1, 0.15) is 45.7 Å². The monoisotopic (exact) mass is 340 g/mol. The van der Waals surface area contributed by atoms with Crippen LogP contribution >= 0.6 is 15.9 Å². The Bertz CT molecular complexity index is 437. The first kappa shape index (κ1) is 17.2. The third kappa shape index (κ3) is 5.63. The van der Waals surface area contributed by atoms with Gasteiger partial charge in [0.15, 0.2) is 0 Å². The fourth-order valence-corrected chi connectivity index (χ4v) is 2.45. The Balaban J connectivity index is 2.66. The molecule has 0 aromatic heterocycles. The molecular formula is C16H25BrN2O. The molecule has 1 aromatic carbocycles. The molecule has 0 saturated carbocycles. The van der Waals surface area contributed by atoms with E-state index in [0.717, 1.165) is 16.5 Å². The van der Waals surface area contributed by atoms with E-state index < -0.39 is 0 Å². The van der Waals surface area contributed by atoms with E-state index in [2.05, 4.69) is 42.0 Å². The highest BCUT2D eigenvalue weighted by Crippen LogP contribution is 2.25. The van der Waals surface area contributed by atoms with Crippen LogP contribution in [0.5, 0.6) is 0 Å². The summed E-state index contributed by atoms with van der Waals surface area (Å²) in [5.74, 6) is -0.0919. The molecule has 0 aliphatic heterocycles. The second kappa shape index (κ2) is 7.23. The molecule has 0 bridgehead atoms. The number of nitrogens with two attached hydrogens (primary N) is 1. The van der Waals surface area contributed by atoms with Gasteiger partial charge in [-0.1, -0.05) is 48.8 Å². The van der Waals surface area contributed by atoms with Gasteiger partial charge >= 0.3 is 0 Å². The molecule has 0 saturated heterocycles. The molecule has 1 unspecified atom stereocenters. The number of benzene rings is 1. The van der Waals surface area contributed by atoms with Gasteiger partial charge in [-0.3, -0.25) is 4.79 Å². The molecule has 4 heteroatoms. The van der Waals surface area contributed by atoms with Crippen molar-refractivity contribution in [2.24, 2.45) is 17.1 Å². The molecule has 3 nitrogen and oxygen atoms in total. The lowest BCUT2D eigenvalue weighted by Crippen LogP contribution is -2.38. The van der Waals surface area contributed by atoms with Crippen LogP contribution in [-0.2, 0) is 4.79 Å². The number of rotatable bonds is 5. The summed E-state index contributed by atoms with van der Waals surface area (Å²) in [4.78, 5) is 12.3. The zero-order chi connectivity index (χ0) is 15.3. The molecule has 1 rings (SSSR count). The molecule has 0 spiro atoms. The topological polar surface area (TPSA) is 55.1 Å². The van der Waals surface area contributed by atoms with Gasteiger partial charge < -0.3 is 11.1 Å². The predicted molar refractivity (Wildman–Crippen MR) is 87.3 cm³/mol. The number of carbonyl (C=O) groups is 1. The van der Waals surface area contributed by atoms with E-state index in [1.807, 2.05) is 31.2 Å². The lowest BCUT2D eigenvalue weighted by molar-refractivity contribution is -0.126. The van der Waals surface area contributed by atoms with Crippen LogP contribution in [0.4, 0.5) is 0 Å². The van der Waals surface area contributed by atoms with Crippen LogP contribution < -0.4 is 11.1 Å². The summed E-state index contributed by atoms with van der Waals surface area (Å²) in [5, 5.41) is 3.05. The van der Waals surface area contributed by atoms with E-state index in [1.165, 1.54) is 0 Å². The maximum atomic E-state index is 12.3. The summed E-state index contributed by atoms with van der Waals surface area (Å²) in [6, 6.07) is 7.97. The van der Waals surface area contributed by atoms with Gasteiger partial charge in [0.1, 0.15) is 0 Å². The van der Waals surface area contributed by atoms with Crippen LogP contribution in [0.2, 0.25) is 0 Å².